The number of benzene rings is 4. The van der Waals surface area contributed by atoms with Crippen molar-refractivity contribution in [2.24, 2.45) is 0 Å². The lowest BCUT2D eigenvalue weighted by atomic mass is 9.79. The molecular weight excluding hydrogens is 801 g/mol. The van der Waals surface area contributed by atoms with Gasteiger partial charge in [-0.25, -0.2) is 9.59 Å². The summed E-state index contributed by atoms with van der Waals surface area (Å²) < 4.78 is 13.6. The molecule has 8 bridgehead atoms. The van der Waals surface area contributed by atoms with Crippen molar-refractivity contribution in [3.63, 3.8) is 0 Å². The molecule has 0 spiro atoms. The molecule has 4 aromatic carbocycles. The molecule has 0 saturated carbocycles. The van der Waals surface area contributed by atoms with Crippen molar-refractivity contribution >= 4 is 12.1 Å². The molecule has 348 valence electrons. The molecule has 1 aliphatic rings. The lowest BCUT2D eigenvalue weighted by Gasteiger charge is -2.28. The number of fused-ring (bicyclic) bond motifs is 8. The van der Waals surface area contributed by atoms with E-state index in [4.69, 9.17) is 9.47 Å². The maximum atomic E-state index is 12.5. The van der Waals surface area contributed by atoms with E-state index in [2.05, 4.69) is 153 Å². The number of nitrogens with one attached hydrogen (secondary N) is 4. The summed E-state index contributed by atoms with van der Waals surface area (Å²) in [6, 6.07) is 16.9. The Hall–Kier alpha value is -5.38. The van der Waals surface area contributed by atoms with E-state index in [1.165, 1.54) is 0 Å². The maximum Gasteiger partial charge on any atom is 0.314 e. The molecule has 0 heterocycles. The molecule has 10 nitrogen and oxygen atoms in total. The van der Waals surface area contributed by atoms with Gasteiger partial charge >= 0.3 is 12.1 Å². The summed E-state index contributed by atoms with van der Waals surface area (Å²) in [4.78, 5) is 24.0. The summed E-state index contributed by atoms with van der Waals surface area (Å²) >= 11 is 0. The Bertz CT molecular complexity index is 2060. The van der Waals surface area contributed by atoms with Gasteiger partial charge in [-0.05, 0) is 101 Å². The first-order valence-electron chi connectivity index (χ1n) is 23.0. The molecule has 0 aliphatic heterocycles. The number of rotatable bonds is 10. The predicted octanol–water partition coefficient (Wildman–Crippen LogP) is 10.4. The van der Waals surface area contributed by atoms with Gasteiger partial charge in [0.2, 0.25) is 0 Å². The van der Waals surface area contributed by atoms with Gasteiger partial charge in [0.1, 0.15) is 23.0 Å². The number of carbonyl (C=O) groups is 2. The summed E-state index contributed by atoms with van der Waals surface area (Å²) in [5.74, 6) is 1.94. The highest BCUT2D eigenvalue weighted by Gasteiger charge is 2.28. The van der Waals surface area contributed by atoms with Gasteiger partial charge in [-0.2, -0.15) is 0 Å². The summed E-state index contributed by atoms with van der Waals surface area (Å²) in [7, 11) is 3.19. The molecule has 64 heavy (non-hydrogen) atoms. The lowest BCUT2D eigenvalue weighted by molar-refractivity contribution is 0.240. The SMILES string of the molecule is CNC(=O)NCCCOc1c2cc(C(C)(C)C)cc1Cc1cc(C(C)(C)C)cc(c1O)Cc1cc(C(C)(C)C)cc(c1OCCCNC(=O)NC)Cc1cc(C(C)(C)C)cc(c1O)C2. The Morgan fingerprint density at radius 2 is 0.688 bits per heavy atom. The van der Waals surface area contributed by atoms with Gasteiger partial charge in [0.25, 0.3) is 0 Å². The van der Waals surface area contributed by atoms with Gasteiger partial charge in [0, 0.05) is 52.9 Å². The standard InChI is InChI=1S/C54H76N4O6/c1-51(2,3)41-25-33-21-37-29-43(53(7,8)9)31-39(47(37)63-19-15-17-57-49(61)55-13)23-35-27-42(52(4,5)6)28-36(46(35)60)24-40-32-44(54(10,11)12)30-38(22-34(26-41)45(33)59)48(40)64-20-16-18-58-50(62)56-14/h25-32,59-60H,15-24H2,1-14H3,(H2,55,57,61)(H2,56,58,62). The molecule has 0 unspecified atom stereocenters. The molecular formula is C54H76N4O6. The number of ether oxygens (including phenoxy) is 2. The number of phenols is 2. The molecule has 4 amide bonds. The monoisotopic (exact) mass is 877 g/mol. The number of carbonyl (C=O) groups excluding carboxylic acids is 2. The van der Waals surface area contributed by atoms with Crippen molar-refractivity contribution < 1.29 is 29.3 Å². The van der Waals surface area contributed by atoms with Gasteiger partial charge in [-0.3, -0.25) is 0 Å². The van der Waals surface area contributed by atoms with Crippen molar-refractivity contribution in [1.82, 2.24) is 21.3 Å². The van der Waals surface area contributed by atoms with Crippen LogP contribution in [0.2, 0.25) is 0 Å². The van der Waals surface area contributed by atoms with E-state index in [0.29, 0.717) is 64.8 Å². The lowest BCUT2D eigenvalue weighted by Crippen LogP contribution is -2.33. The fraction of sp³-hybridized carbons (Fsp3) is 0.519. The van der Waals surface area contributed by atoms with E-state index in [1.807, 2.05) is 0 Å². The van der Waals surface area contributed by atoms with Crippen LogP contribution in [0.4, 0.5) is 9.59 Å². The minimum Gasteiger partial charge on any atom is -0.507 e. The molecule has 0 radical (unpaired) electrons. The van der Waals surface area contributed by atoms with Gasteiger partial charge < -0.3 is 41.0 Å². The Morgan fingerprint density at radius 3 is 0.906 bits per heavy atom. The second-order valence-corrected chi connectivity index (χ2v) is 21.7. The Morgan fingerprint density at radius 1 is 0.453 bits per heavy atom. The van der Waals surface area contributed by atoms with Crippen LogP contribution in [0.5, 0.6) is 23.0 Å². The van der Waals surface area contributed by atoms with Crippen molar-refractivity contribution in [1.29, 1.82) is 0 Å². The largest absolute Gasteiger partial charge is 0.507 e. The fourth-order valence-electron chi connectivity index (χ4n) is 8.09. The number of hydrogen-bond acceptors (Lipinski definition) is 6. The van der Waals surface area contributed by atoms with E-state index in [0.717, 1.165) is 78.3 Å². The summed E-state index contributed by atoms with van der Waals surface area (Å²) in [5.41, 5.74) is 10.5. The summed E-state index contributed by atoms with van der Waals surface area (Å²) in [6.07, 6.45) is 2.78. The minimum absolute atomic E-state index is 0.219. The predicted molar refractivity (Wildman–Crippen MR) is 260 cm³/mol. The van der Waals surface area contributed by atoms with E-state index in [-0.39, 0.29) is 45.2 Å². The molecule has 0 aromatic heterocycles. The third-order valence-electron chi connectivity index (χ3n) is 12.2. The maximum absolute atomic E-state index is 12.5. The molecule has 0 atom stereocenters. The highest BCUT2D eigenvalue weighted by molar-refractivity contribution is 5.73. The number of aromatic hydroxyl groups is 2. The third kappa shape index (κ3) is 12.4. The van der Waals surface area contributed by atoms with Crippen molar-refractivity contribution in [2.45, 2.75) is 143 Å². The van der Waals surface area contributed by atoms with Gasteiger partial charge in [-0.1, -0.05) is 132 Å². The highest BCUT2D eigenvalue weighted by Crippen LogP contribution is 2.44. The Balaban J connectivity index is 1.84. The van der Waals surface area contributed by atoms with Crippen molar-refractivity contribution in [2.75, 3.05) is 40.4 Å². The van der Waals surface area contributed by atoms with Crippen LogP contribution in [-0.4, -0.2) is 62.7 Å². The van der Waals surface area contributed by atoms with Crippen LogP contribution in [0.1, 0.15) is 163 Å². The average molecular weight is 877 g/mol. The smallest absolute Gasteiger partial charge is 0.314 e. The first-order chi connectivity index (χ1) is 29.8. The van der Waals surface area contributed by atoms with Gasteiger partial charge in [0.05, 0.1) is 13.2 Å². The van der Waals surface area contributed by atoms with E-state index < -0.39 is 0 Å². The van der Waals surface area contributed by atoms with Crippen LogP contribution < -0.4 is 30.7 Å². The van der Waals surface area contributed by atoms with E-state index in [9.17, 15) is 19.8 Å². The molecule has 6 N–H and O–H groups in total. The number of urea groups is 2. The van der Waals surface area contributed by atoms with Crippen LogP contribution in [-0.2, 0) is 47.3 Å². The quantitative estimate of drug-likeness (QED) is 0.0772. The highest BCUT2D eigenvalue weighted by atomic mass is 16.5. The van der Waals surface area contributed by atoms with E-state index in [1.54, 1.807) is 14.1 Å². The summed E-state index contributed by atoms with van der Waals surface area (Å²) in [5, 5.41) is 36.0. The Labute approximate surface area is 383 Å². The van der Waals surface area contributed by atoms with Crippen LogP contribution in [0.15, 0.2) is 48.5 Å². The topological polar surface area (TPSA) is 141 Å². The molecule has 0 saturated heterocycles. The molecule has 1 aliphatic carbocycles. The second-order valence-electron chi connectivity index (χ2n) is 21.7. The number of amides is 4. The zero-order chi connectivity index (χ0) is 47.4. The van der Waals surface area contributed by atoms with Crippen LogP contribution in [0.25, 0.3) is 0 Å². The van der Waals surface area contributed by atoms with E-state index >= 15 is 0 Å². The third-order valence-corrected chi connectivity index (χ3v) is 12.2. The Kier molecular flexibility index (Phi) is 15.3. The number of phenolic OH excluding ortho intramolecular Hbond substituents is 2. The second kappa shape index (κ2) is 19.8. The first kappa shape index (κ1) is 49.6. The normalized spacial score (nSPS) is 13.2. The van der Waals surface area contributed by atoms with Crippen LogP contribution in [0, 0.1) is 0 Å². The molecule has 10 heteroatoms. The zero-order valence-electron chi connectivity index (χ0n) is 41.2. The molecule has 0 fully saturated rings. The zero-order valence-corrected chi connectivity index (χ0v) is 41.2. The molecule has 4 aromatic rings. The van der Waals surface area contributed by atoms with Crippen LogP contribution >= 0.6 is 0 Å². The minimum atomic E-state index is -0.242. The average Bonchev–Trinajstić information content (AvgIpc) is 3.19. The van der Waals surface area contributed by atoms with Gasteiger partial charge in [-0.15, -0.1) is 0 Å². The van der Waals surface area contributed by atoms with Crippen LogP contribution in [0.3, 0.4) is 0 Å². The molecule has 5 rings (SSSR count). The van der Waals surface area contributed by atoms with Crippen molar-refractivity contribution in [3.05, 3.63) is 115 Å². The number of hydrogen-bond donors (Lipinski definition) is 6. The summed E-state index contributed by atoms with van der Waals surface area (Å²) in [6.45, 7) is 28.0. The van der Waals surface area contributed by atoms with Crippen molar-refractivity contribution in [3.8, 4) is 23.0 Å². The first-order valence-corrected chi connectivity index (χ1v) is 23.0. The van der Waals surface area contributed by atoms with Gasteiger partial charge in [0.15, 0.2) is 0 Å². The fourth-order valence-corrected chi connectivity index (χ4v) is 8.09.